The molecule has 0 spiro atoms. The predicted molar refractivity (Wildman–Crippen MR) is 110 cm³/mol. The lowest BCUT2D eigenvalue weighted by molar-refractivity contribution is -0.137. The highest BCUT2D eigenvalue weighted by molar-refractivity contribution is 5.92. The maximum Gasteiger partial charge on any atom is 0.416 e. The van der Waals surface area contributed by atoms with Gasteiger partial charge >= 0.3 is 6.18 Å². The third kappa shape index (κ3) is 4.81. The molecular weight excluding hydrogens is 397 g/mol. The zero-order valence-electron chi connectivity index (χ0n) is 16.8. The molecule has 0 bridgehead atoms. The van der Waals surface area contributed by atoms with E-state index in [9.17, 15) is 18.3 Å². The summed E-state index contributed by atoms with van der Waals surface area (Å²) in [5, 5.41) is 20.9. The van der Waals surface area contributed by atoms with Crippen molar-refractivity contribution in [3.63, 3.8) is 0 Å². The molecule has 1 aliphatic heterocycles. The van der Waals surface area contributed by atoms with Gasteiger partial charge in [-0.1, -0.05) is 6.07 Å². The standard InChI is InChI=1S/C20H25F3N6O/c1-19(2,30)12-6-8-29(9-7-12)17-15(11-24)16(27-18(25)28-17)26-14-5-3-4-13(10-14)20(21,22)23/h3-5,10-12,24,30H,6-9H2,1-2H3,(H3,25,26,27,28). The third-order valence-electron chi connectivity index (χ3n) is 5.33. The van der Waals surface area contributed by atoms with Gasteiger partial charge in [0.15, 0.2) is 0 Å². The van der Waals surface area contributed by atoms with Gasteiger partial charge in [-0.15, -0.1) is 0 Å². The maximum absolute atomic E-state index is 13.0. The van der Waals surface area contributed by atoms with Crippen molar-refractivity contribution in [2.24, 2.45) is 5.92 Å². The summed E-state index contributed by atoms with van der Waals surface area (Å²) in [5.41, 5.74) is 4.80. The van der Waals surface area contributed by atoms with Crippen LogP contribution >= 0.6 is 0 Å². The zero-order valence-corrected chi connectivity index (χ0v) is 16.8. The number of benzene rings is 1. The number of nitrogens with zero attached hydrogens (tertiary/aromatic N) is 3. The van der Waals surface area contributed by atoms with Crippen LogP contribution in [0.15, 0.2) is 24.3 Å². The van der Waals surface area contributed by atoms with E-state index in [-0.39, 0.29) is 23.4 Å². The summed E-state index contributed by atoms with van der Waals surface area (Å²) < 4.78 is 39.0. The lowest BCUT2D eigenvalue weighted by Gasteiger charge is -2.38. The van der Waals surface area contributed by atoms with Crippen molar-refractivity contribution in [2.75, 3.05) is 29.0 Å². The molecule has 0 radical (unpaired) electrons. The first kappa shape index (κ1) is 21.8. The first-order valence-corrected chi connectivity index (χ1v) is 9.58. The van der Waals surface area contributed by atoms with Gasteiger partial charge < -0.3 is 26.5 Å². The SMILES string of the molecule is CC(C)(O)C1CCN(c2nc(N)nc(Nc3cccc(C(F)(F)F)c3)c2C=N)CC1. The fourth-order valence-corrected chi connectivity index (χ4v) is 3.65. The molecule has 2 heterocycles. The number of anilines is 4. The molecule has 162 valence electrons. The Labute approximate surface area is 172 Å². The Morgan fingerprint density at radius 3 is 2.47 bits per heavy atom. The van der Waals surface area contributed by atoms with Crippen molar-refractivity contribution < 1.29 is 18.3 Å². The lowest BCUT2D eigenvalue weighted by Crippen LogP contribution is -2.42. The Bertz CT molecular complexity index is 918. The number of aromatic nitrogens is 2. The van der Waals surface area contributed by atoms with Crippen LogP contribution in [-0.2, 0) is 6.18 Å². The summed E-state index contributed by atoms with van der Waals surface area (Å²) in [6, 6.07) is 4.73. The topological polar surface area (TPSA) is 111 Å². The number of piperidine rings is 1. The van der Waals surface area contributed by atoms with Crippen molar-refractivity contribution in [2.45, 2.75) is 38.5 Å². The van der Waals surface area contributed by atoms with E-state index in [1.54, 1.807) is 13.8 Å². The quantitative estimate of drug-likeness (QED) is 0.546. The Morgan fingerprint density at radius 2 is 1.90 bits per heavy atom. The number of halogens is 3. The predicted octanol–water partition coefficient (Wildman–Crippen LogP) is 3.81. The van der Waals surface area contributed by atoms with Crippen LogP contribution < -0.4 is 16.0 Å². The Morgan fingerprint density at radius 1 is 1.23 bits per heavy atom. The summed E-state index contributed by atoms with van der Waals surface area (Å²) in [6.07, 6.45) is -1.93. The van der Waals surface area contributed by atoms with E-state index in [0.717, 1.165) is 31.2 Å². The molecule has 5 N–H and O–H groups in total. The van der Waals surface area contributed by atoms with Gasteiger partial charge in [0.25, 0.3) is 0 Å². The van der Waals surface area contributed by atoms with Crippen molar-refractivity contribution in [1.82, 2.24) is 9.97 Å². The molecular formula is C20H25F3N6O. The van der Waals surface area contributed by atoms with Gasteiger partial charge in [0.05, 0.1) is 16.7 Å². The van der Waals surface area contributed by atoms with Crippen LogP contribution in [0.5, 0.6) is 0 Å². The average molecular weight is 422 g/mol. The Hall–Kier alpha value is -2.88. The van der Waals surface area contributed by atoms with E-state index in [0.29, 0.717) is 24.5 Å². The van der Waals surface area contributed by atoms with Crippen LogP contribution in [0.3, 0.4) is 0 Å². The molecule has 0 aliphatic carbocycles. The molecule has 0 amide bonds. The summed E-state index contributed by atoms with van der Waals surface area (Å²) in [4.78, 5) is 10.3. The monoisotopic (exact) mass is 422 g/mol. The summed E-state index contributed by atoms with van der Waals surface area (Å²) in [5.74, 6) is 0.700. The van der Waals surface area contributed by atoms with Crippen LogP contribution in [0.1, 0.15) is 37.8 Å². The number of nitrogens with one attached hydrogen (secondary N) is 2. The molecule has 1 aliphatic rings. The number of alkyl halides is 3. The number of hydrogen-bond donors (Lipinski definition) is 4. The molecule has 2 aromatic rings. The van der Waals surface area contributed by atoms with E-state index in [1.807, 2.05) is 4.90 Å². The van der Waals surface area contributed by atoms with Gasteiger partial charge in [0, 0.05) is 25.0 Å². The highest BCUT2D eigenvalue weighted by atomic mass is 19.4. The molecule has 1 saturated heterocycles. The van der Waals surface area contributed by atoms with Gasteiger partial charge in [-0.05, 0) is 50.8 Å². The van der Waals surface area contributed by atoms with Crippen molar-refractivity contribution in [1.29, 1.82) is 5.41 Å². The minimum Gasteiger partial charge on any atom is -0.390 e. The second kappa shape index (κ2) is 8.10. The van der Waals surface area contributed by atoms with E-state index in [4.69, 9.17) is 11.1 Å². The molecule has 0 atom stereocenters. The highest BCUT2D eigenvalue weighted by Crippen LogP contribution is 2.34. The minimum absolute atomic E-state index is 0.0466. The molecule has 7 nitrogen and oxygen atoms in total. The van der Waals surface area contributed by atoms with E-state index < -0.39 is 17.3 Å². The van der Waals surface area contributed by atoms with Crippen molar-refractivity contribution >= 4 is 29.5 Å². The third-order valence-corrected chi connectivity index (χ3v) is 5.33. The number of rotatable bonds is 5. The van der Waals surface area contributed by atoms with Crippen LogP contribution in [-0.4, -0.2) is 40.0 Å². The van der Waals surface area contributed by atoms with Gasteiger partial charge in [0.1, 0.15) is 11.6 Å². The summed E-state index contributed by atoms with van der Waals surface area (Å²) in [6.45, 7) is 4.79. The van der Waals surface area contributed by atoms with E-state index in [2.05, 4.69) is 15.3 Å². The number of aliphatic hydroxyl groups is 1. The zero-order chi connectivity index (χ0) is 22.1. The number of nitrogen functional groups attached to an aromatic ring is 1. The van der Waals surface area contributed by atoms with Gasteiger partial charge in [-0.2, -0.15) is 23.1 Å². The smallest absolute Gasteiger partial charge is 0.390 e. The molecule has 3 rings (SSSR count). The van der Waals surface area contributed by atoms with Crippen molar-refractivity contribution in [3.8, 4) is 0 Å². The first-order valence-electron chi connectivity index (χ1n) is 9.58. The van der Waals surface area contributed by atoms with Gasteiger partial charge in [0.2, 0.25) is 5.95 Å². The minimum atomic E-state index is -4.47. The number of nitrogens with two attached hydrogens (primary N) is 1. The van der Waals surface area contributed by atoms with Crippen LogP contribution in [0.25, 0.3) is 0 Å². The van der Waals surface area contributed by atoms with Gasteiger partial charge in [-0.25, -0.2) is 0 Å². The fraction of sp³-hybridized carbons (Fsp3) is 0.450. The lowest BCUT2D eigenvalue weighted by atomic mass is 9.83. The van der Waals surface area contributed by atoms with E-state index in [1.165, 1.54) is 12.1 Å². The molecule has 30 heavy (non-hydrogen) atoms. The molecule has 0 saturated carbocycles. The molecule has 10 heteroatoms. The largest absolute Gasteiger partial charge is 0.416 e. The fourth-order valence-electron chi connectivity index (χ4n) is 3.65. The maximum atomic E-state index is 13.0. The second-order valence-electron chi connectivity index (χ2n) is 7.93. The summed E-state index contributed by atoms with van der Waals surface area (Å²) >= 11 is 0. The first-order chi connectivity index (χ1) is 14.0. The second-order valence-corrected chi connectivity index (χ2v) is 7.93. The molecule has 0 unspecified atom stereocenters. The normalized spacial score (nSPS) is 15.9. The van der Waals surface area contributed by atoms with Crippen LogP contribution in [0.2, 0.25) is 0 Å². The van der Waals surface area contributed by atoms with Crippen molar-refractivity contribution in [3.05, 3.63) is 35.4 Å². The van der Waals surface area contributed by atoms with Gasteiger partial charge in [-0.3, -0.25) is 0 Å². The molecule has 1 aromatic carbocycles. The Kier molecular flexibility index (Phi) is 5.89. The summed E-state index contributed by atoms with van der Waals surface area (Å²) in [7, 11) is 0. The molecule has 1 aromatic heterocycles. The van der Waals surface area contributed by atoms with Crippen LogP contribution in [0.4, 0.5) is 36.4 Å². The number of hydrogen-bond acceptors (Lipinski definition) is 7. The van der Waals surface area contributed by atoms with E-state index >= 15 is 0 Å². The average Bonchev–Trinajstić information content (AvgIpc) is 2.66. The Balaban J connectivity index is 1.89. The highest BCUT2D eigenvalue weighted by Gasteiger charge is 2.32. The van der Waals surface area contributed by atoms with Crippen LogP contribution in [0, 0.1) is 11.3 Å². The molecule has 1 fully saturated rings.